The minimum Gasteiger partial charge on any atom is -0.393 e. The van der Waals surface area contributed by atoms with Crippen LogP contribution in [0, 0.1) is 5.92 Å². The molecule has 8 nitrogen and oxygen atoms in total. The van der Waals surface area contributed by atoms with Crippen LogP contribution in [0.4, 0.5) is 16.2 Å². The highest BCUT2D eigenvalue weighted by Crippen LogP contribution is 2.34. The van der Waals surface area contributed by atoms with Gasteiger partial charge in [0.1, 0.15) is 0 Å². The summed E-state index contributed by atoms with van der Waals surface area (Å²) in [6.45, 7) is 5.11. The summed E-state index contributed by atoms with van der Waals surface area (Å²) in [7, 11) is 0. The molecule has 2 aromatic rings. The third kappa shape index (κ3) is 6.68. The molecule has 8 heteroatoms. The molecule has 1 aliphatic carbocycles. The van der Waals surface area contributed by atoms with Gasteiger partial charge in [-0.1, -0.05) is 56.5 Å². The van der Waals surface area contributed by atoms with E-state index in [9.17, 15) is 14.7 Å². The number of piperidine rings is 1. The van der Waals surface area contributed by atoms with Gasteiger partial charge in [0.2, 0.25) is 6.17 Å². The summed E-state index contributed by atoms with van der Waals surface area (Å²) in [5.41, 5.74) is 4.60. The van der Waals surface area contributed by atoms with Crippen molar-refractivity contribution in [3.8, 4) is 0 Å². The van der Waals surface area contributed by atoms with Gasteiger partial charge in [-0.3, -0.25) is 14.7 Å². The Hall–Kier alpha value is -3.23. The number of para-hydroxylation sites is 1. The first-order valence-corrected chi connectivity index (χ1v) is 14.6. The number of aliphatic hydroxyl groups is 1. The Bertz CT molecular complexity index is 1180. The van der Waals surface area contributed by atoms with Crippen LogP contribution in [0.3, 0.4) is 0 Å². The number of nitrogens with zero attached hydrogens (tertiary/aromatic N) is 3. The zero-order valence-corrected chi connectivity index (χ0v) is 22.9. The molecule has 1 saturated carbocycles. The Kier molecular flexibility index (Phi) is 8.94. The summed E-state index contributed by atoms with van der Waals surface area (Å²) in [5.74, 6) is 0.0838. The van der Waals surface area contributed by atoms with Gasteiger partial charge in [0.25, 0.3) is 5.91 Å². The first-order valence-electron chi connectivity index (χ1n) is 14.6. The normalized spacial score (nSPS) is 21.2. The number of nitrogens with one attached hydrogen (secondary N) is 2. The molecule has 39 heavy (non-hydrogen) atoms. The van der Waals surface area contributed by atoms with Crippen molar-refractivity contribution in [1.82, 2.24) is 10.2 Å². The van der Waals surface area contributed by atoms with Crippen molar-refractivity contribution < 1.29 is 14.7 Å². The number of fused-ring (bicyclic) bond motifs is 1. The Morgan fingerprint density at radius 1 is 1.03 bits per heavy atom. The lowest BCUT2D eigenvalue weighted by Crippen LogP contribution is -2.49. The number of rotatable bonds is 7. The molecular weight excluding hydrogens is 490 g/mol. The lowest BCUT2D eigenvalue weighted by atomic mass is 9.83. The van der Waals surface area contributed by atoms with Gasteiger partial charge in [-0.2, -0.15) is 0 Å². The minimum absolute atomic E-state index is 0.202. The van der Waals surface area contributed by atoms with E-state index < -0.39 is 12.2 Å². The zero-order valence-electron chi connectivity index (χ0n) is 22.9. The van der Waals surface area contributed by atoms with Gasteiger partial charge >= 0.3 is 6.03 Å². The SMILES string of the molecule is CCCN1C(=O)C(NC(=O)Nc2cccc(CN3CCC(O)CC3)c2)N=C(C2CCCCC2)c2ccccc21. The predicted molar refractivity (Wildman–Crippen MR) is 155 cm³/mol. The first kappa shape index (κ1) is 27.3. The van der Waals surface area contributed by atoms with E-state index in [4.69, 9.17) is 4.99 Å². The lowest BCUT2D eigenvalue weighted by molar-refractivity contribution is -0.120. The summed E-state index contributed by atoms with van der Waals surface area (Å²) in [4.78, 5) is 36.0. The molecule has 2 heterocycles. The van der Waals surface area contributed by atoms with E-state index in [-0.39, 0.29) is 17.9 Å². The van der Waals surface area contributed by atoms with Gasteiger partial charge in [-0.15, -0.1) is 0 Å². The van der Waals surface area contributed by atoms with E-state index in [1.165, 1.54) is 6.42 Å². The topological polar surface area (TPSA) is 97.3 Å². The molecular formula is C31H41N5O3. The summed E-state index contributed by atoms with van der Waals surface area (Å²) in [6, 6.07) is 15.4. The molecule has 2 aromatic carbocycles. The Morgan fingerprint density at radius 2 is 1.79 bits per heavy atom. The third-order valence-corrected chi connectivity index (χ3v) is 8.09. The van der Waals surface area contributed by atoms with Crippen LogP contribution in [0.2, 0.25) is 0 Å². The van der Waals surface area contributed by atoms with Gasteiger partial charge < -0.3 is 20.6 Å². The maximum Gasteiger partial charge on any atom is 0.321 e. The number of amides is 3. The number of anilines is 2. The van der Waals surface area contributed by atoms with E-state index in [2.05, 4.69) is 28.5 Å². The van der Waals surface area contributed by atoms with Gasteiger partial charge in [0.05, 0.1) is 17.5 Å². The van der Waals surface area contributed by atoms with Gasteiger partial charge in [0, 0.05) is 43.3 Å². The van der Waals surface area contributed by atoms with E-state index in [0.29, 0.717) is 12.2 Å². The van der Waals surface area contributed by atoms with Crippen molar-refractivity contribution in [1.29, 1.82) is 0 Å². The molecule has 3 N–H and O–H groups in total. The minimum atomic E-state index is -0.983. The smallest absolute Gasteiger partial charge is 0.321 e. The highest BCUT2D eigenvalue weighted by atomic mass is 16.3. The molecule has 1 atom stereocenters. The molecule has 1 saturated heterocycles. The van der Waals surface area contributed by atoms with Gasteiger partial charge in [-0.25, -0.2) is 4.79 Å². The fourth-order valence-electron chi connectivity index (χ4n) is 6.08. The molecule has 2 aliphatic heterocycles. The summed E-state index contributed by atoms with van der Waals surface area (Å²) < 4.78 is 0. The van der Waals surface area contributed by atoms with Gasteiger partial charge in [0.15, 0.2) is 0 Å². The van der Waals surface area contributed by atoms with E-state index in [0.717, 1.165) is 87.1 Å². The fourth-order valence-corrected chi connectivity index (χ4v) is 6.08. The molecule has 2 fully saturated rings. The molecule has 0 aromatic heterocycles. The van der Waals surface area contributed by atoms with Crippen LogP contribution in [0.25, 0.3) is 0 Å². The van der Waals surface area contributed by atoms with Crippen LogP contribution in [-0.2, 0) is 11.3 Å². The molecule has 3 aliphatic rings. The maximum atomic E-state index is 13.8. The Morgan fingerprint density at radius 3 is 2.56 bits per heavy atom. The second-order valence-electron chi connectivity index (χ2n) is 11.1. The molecule has 3 amide bonds. The number of aliphatic hydroxyl groups excluding tert-OH is 1. The largest absolute Gasteiger partial charge is 0.393 e. The zero-order chi connectivity index (χ0) is 27.2. The second-order valence-corrected chi connectivity index (χ2v) is 11.1. The summed E-state index contributed by atoms with van der Waals surface area (Å²) >= 11 is 0. The number of carbonyl (C=O) groups excluding carboxylic acids is 2. The van der Waals surface area contributed by atoms with E-state index >= 15 is 0 Å². The quantitative estimate of drug-likeness (QED) is 0.473. The molecule has 0 bridgehead atoms. The number of hydrogen-bond donors (Lipinski definition) is 3. The number of benzene rings is 2. The standard InChI is InChI=1S/C31H41N5O3/c1-2-17-36-27-14-7-6-13-26(27)28(23-10-4-3-5-11-23)33-29(30(36)38)34-31(39)32-24-12-8-9-22(20-24)21-35-18-15-25(37)16-19-35/h6-9,12-14,20,23,25,29,37H,2-5,10-11,15-19,21H2,1H3,(H2,32,34,39). The highest BCUT2D eigenvalue weighted by Gasteiger charge is 2.34. The van der Waals surface area contributed by atoms with Crippen LogP contribution < -0.4 is 15.5 Å². The number of aliphatic imine (C=N–C) groups is 1. The van der Waals surface area contributed by atoms with E-state index in [1.807, 2.05) is 42.5 Å². The summed E-state index contributed by atoms with van der Waals surface area (Å²) in [5, 5.41) is 15.6. The van der Waals surface area contributed by atoms with Crippen molar-refractivity contribution in [3.63, 3.8) is 0 Å². The molecule has 0 spiro atoms. The first-order chi connectivity index (χ1) is 19.0. The molecule has 208 valence electrons. The number of likely N-dealkylation sites (tertiary alicyclic amines) is 1. The van der Waals surface area contributed by atoms with Crippen LogP contribution in [-0.4, -0.2) is 59.6 Å². The average Bonchev–Trinajstić information content (AvgIpc) is 3.06. The Balaban J connectivity index is 1.34. The monoisotopic (exact) mass is 531 g/mol. The second kappa shape index (κ2) is 12.7. The van der Waals surface area contributed by atoms with Crippen LogP contribution >= 0.6 is 0 Å². The van der Waals surface area contributed by atoms with Crippen LogP contribution in [0.15, 0.2) is 53.5 Å². The maximum absolute atomic E-state index is 13.8. The van der Waals surface area contributed by atoms with Crippen LogP contribution in [0.1, 0.15) is 69.4 Å². The van der Waals surface area contributed by atoms with Crippen LogP contribution in [0.5, 0.6) is 0 Å². The van der Waals surface area contributed by atoms with Crippen molar-refractivity contribution in [2.24, 2.45) is 10.9 Å². The fraction of sp³-hybridized carbons (Fsp3) is 0.516. The third-order valence-electron chi connectivity index (χ3n) is 8.09. The van der Waals surface area contributed by atoms with Gasteiger partial charge in [-0.05, 0) is 55.9 Å². The molecule has 0 radical (unpaired) electrons. The highest BCUT2D eigenvalue weighted by molar-refractivity contribution is 6.14. The van der Waals surface area contributed by atoms with Crippen molar-refractivity contribution in [2.45, 2.75) is 77.1 Å². The summed E-state index contributed by atoms with van der Waals surface area (Å²) in [6.07, 6.45) is 6.85. The predicted octanol–water partition coefficient (Wildman–Crippen LogP) is 4.92. The van der Waals surface area contributed by atoms with Crippen molar-refractivity contribution in [2.75, 3.05) is 29.9 Å². The number of benzodiazepines with no additional fused rings is 1. The van der Waals surface area contributed by atoms with Crippen molar-refractivity contribution >= 4 is 29.0 Å². The number of hydrogen-bond acceptors (Lipinski definition) is 5. The molecule has 1 unspecified atom stereocenters. The average molecular weight is 532 g/mol. The Labute approximate surface area is 231 Å². The molecule has 5 rings (SSSR count). The number of urea groups is 1. The number of carbonyl (C=O) groups is 2. The lowest BCUT2D eigenvalue weighted by Gasteiger charge is -2.29. The van der Waals surface area contributed by atoms with E-state index in [1.54, 1.807) is 4.90 Å². The van der Waals surface area contributed by atoms with Crippen molar-refractivity contribution in [3.05, 3.63) is 59.7 Å².